The van der Waals surface area contributed by atoms with Crippen LogP contribution in [0.1, 0.15) is 55.2 Å². The van der Waals surface area contributed by atoms with E-state index in [9.17, 15) is 14.0 Å². The molecule has 1 aliphatic carbocycles. The molecule has 0 spiro atoms. The lowest BCUT2D eigenvalue weighted by Crippen LogP contribution is -2.42. The van der Waals surface area contributed by atoms with E-state index >= 15 is 0 Å². The van der Waals surface area contributed by atoms with Gasteiger partial charge in [0.15, 0.2) is 17.5 Å². The molecule has 190 valence electrons. The zero-order valence-electron chi connectivity index (χ0n) is 20.4. The number of rotatable bonds is 9. The van der Waals surface area contributed by atoms with E-state index in [1.807, 2.05) is 6.07 Å². The molecule has 1 fully saturated rings. The van der Waals surface area contributed by atoms with E-state index in [0.29, 0.717) is 29.0 Å². The van der Waals surface area contributed by atoms with Crippen LogP contribution in [-0.4, -0.2) is 30.9 Å². The summed E-state index contributed by atoms with van der Waals surface area (Å²) >= 11 is 0. The van der Waals surface area contributed by atoms with Gasteiger partial charge in [0.2, 0.25) is 11.8 Å². The van der Waals surface area contributed by atoms with Gasteiger partial charge in [0, 0.05) is 6.54 Å². The van der Waals surface area contributed by atoms with Crippen LogP contribution in [0.2, 0.25) is 0 Å². The van der Waals surface area contributed by atoms with Crippen LogP contribution in [-0.2, 0) is 22.6 Å². The SMILES string of the molecule is COc1cc(CNC(=O)[C@@H](CC2CCCCC2)N=C(N)NC(=O)Cc2cccc(C#N)c2)ccc1F. The van der Waals surface area contributed by atoms with Gasteiger partial charge in [-0.15, -0.1) is 0 Å². The highest BCUT2D eigenvalue weighted by atomic mass is 19.1. The van der Waals surface area contributed by atoms with Crippen LogP contribution >= 0.6 is 0 Å². The molecule has 1 saturated carbocycles. The Morgan fingerprint density at radius 1 is 1.19 bits per heavy atom. The predicted molar refractivity (Wildman–Crippen MR) is 134 cm³/mol. The highest BCUT2D eigenvalue weighted by molar-refractivity contribution is 5.98. The quantitative estimate of drug-likeness (QED) is 0.364. The minimum absolute atomic E-state index is 0.0254. The fraction of sp³-hybridized carbons (Fsp3) is 0.407. The summed E-state index contributed by atoms with van der Waals surface area (Å²) in [6.45, 7) is 0.174. The predicted octanol–water partition coefficient (Wildman–Crippen LogP) is 3.33. The van der Waals surface area contributed by atoms with Crippen molar-refractivity contribution in [3.05, 3.63) is 65.0 Å². The first-order valence-corrected chi connectivity index (χ1v) is 12.1. The molecule has 3 rings (SSSR count). The van der Waals surface area contributed by atoms with Crippen molar-refractivity contribution in [2.45, 2.75) is 57.5 Å². The molecule has 0 aromatic heterocycles. The van der Waals surface area contributed by atoms with Gasteiger partial charge < -0.3 is 15.8 Å². The first-order valence-electron chi connectivity index (χ1n) is 12.1. The maximum atomic E-state index is 13.7. The molecule has 9 heteroatoms. The van der Waals surface area contributed by atoms with Crippen LogP contribution in [0.25, 0.3) is 0 Å². The Labute approximate surface area is 210 Å². The minimum Gasteiger partial charge on any atom is -0.494 e. The summed E-state index contributed by atoms with van der Waals surface area (Å²) in [7, 11) is 1.38. The van der Waals surface area contributed by atoms with Crippen LogP contribution in [0, 0.1) is 23.1 Å². The van der Waals surface area contributed by atoms with Crippen molar-refractivity contribution in [1.29, 1.82) is 5.26 Å². The fourth-order valence-corrected chi connectivity index (χ4v) is 4.40. The number of hydrogen-bond acceptors (Lipinski definition) is 5. The molecule has 1 atom stereocenters. The number of nitrogens with one attached hydrogen (secondary N) is 2. The molecule has 0 aliphatic heterocycles. The molecule has 0 bridgehead atoms. The monoisotopic (exact) mass is 493 g/mol. The second-order valence-corrected chi connectivity index (χ2v) is 8.99. The number of carbonyl (C=O) groups excluding carboxylic acids is 2. The maximum Gasteiger partial charge on any atom is 0.245 e. The maximum absolute atomic E-state index is 13.7. The molecule has 0 heterocycles. The van der Waals surface area contributed by atoms with Crippen molar-refractivity contribution < 1.29 is 18.7 Å². The smallest absolute Gasteiger partial charge is 0.245 e. The molecular weight excluding hydrogens is 461 g/mol. The molecule has 0 radical (unpaired) electrons. The van der Waals surface area contributed by atoms with Crippen molar-refractivity contribution in [2.24, 2.45) is 16.6 Å². The number of nitrogens with zero attached hydrogens (tertiary/aromatic N) is 2. The Morgan fingerprint density at radius 3 is 2.69 bits per heavy atom. The van der Waals surface area contributed by atoms with Gasteiger partial charge in [-0.3, -0.25) is 14.9 Å². The Kier molecular flexibility index (Phi) is 9.81. The van der Waals surface area contributed by atoms with Crippen LogP contribution in [0.5, 0.6) is 5.75 Å². The third kappa shape index (κ3) is 8.08. The van der Waals surface area contributed by atoms with E-state index in [1.165, 1.54) is 25.7 Å². The molecule has 8 nitrogen and oxygen atoms in total. The van der Waals surface area contributed by atoms with Crippen molar-refractivity contribution in [3.63, 3.8) is 0 Å². The Morgan fingerprint density at radius 2 is 1.97 bits per heavy atom. The molecular formula is C27H32FN5O3. The van der Waals surface area contributed by atoms with Gasteiger partial charge in [-0.05, 0) is 47.7 Å². The fourth-order valence-electron chi connectivity index (χ4n) is 4.40. The average Bonchev–Trinajstić information content (AvgIpc) is 2.88. The number of amides is 2. The Bertz CT molecular complexity index is 1140. The van der Waals surface area contributed by atoms with Gasteiger partial charge in [0.25, 0.3) is 0 Å². The van der Waals surface area contributed by atoms with Gasteiger partial charge in [-0.2, -0.15) is 5.26 Å². The Balaban J connectivity index is 1.66. The number of ether oxygens (including phenoxy) is 1. The highest BCUT2D eigenvalue weighted by Crippen LogP contribution is 2.28. The molecule has 2 aromatic carbocycles. The first kappa shape index (κ1) is 26.7. The molecule has 0 saturated heterocycles. The van der Waals surface area contributed by atoms with E-state index in [4.69, 9.17) is 15.7 Å². The number of methoxy groups -OCH3 is 1. The van der Waals surface area contributed by atoms with Crippen LogP contribution in [0.4, 0.5) is 4.39 Å². The van der Waals surface area contributed by atoms with Crippen molar-refractivity contribution >= 4 is 17.8 Å². The summed E-state index contributed by atoms with van der Waals surface area (Å²) in [5, 5.41) is 14.4. The average molecular weight is 494 g/mol. The second-order valence-electron chi connectivity index (χ2n) is 8.99. The third-order valence-corrected chi connectivity index (χ3v) is 6.25. The van der Waals surface area contributed by atoms with Crippen molar-refractivity contribution in [2.75, 3.05) is 7.11 Å². The third-order valence-electron chi connectivity index (χ3n) is 6.25. The number of nitrogens with two attached hydrogens (primary N) is 1. The van der Waals surface area contributed by atoms with Crippen molar-refractivity contribution in [3.8, 4) is 11.8 Å². The summed E-state index contributed by atoms with van der Waals surface area (Å²) in [5.41, 5.74) is 7.84. The molecule has 0 unspecified atom stereocenters. The van der Waals surface area contributed by atoms with Gasteiger partial charge in [0.05, 0.1) is 25.2 Å². The molecule has 1 aliphatic rings. The van der Waals surface area contributed by atoms with E-state index in [0.717, 1.165) is 25.7 Å². The van der Waals surface area contributed by atoms with Gasteiger partial charge in [-0.1, -0.05) is 50.3 Å². The first-order chi connectivity index (χ1) is 17.4. The lowest BCUT2D eigenvalue weighted by atomic mass is 9.84. The lowest BCUT2D eigenvalue weighted by Gasteiger charge is -2.24. The number of benzene rings is 2. The van der Waals surface area contributed by atoms with Gasteiger partial charge >= 0.3 is 0 Å². The number of carbonyl (C=O) groups is 2. The van der Waals surface area contributed by atoms with E-state index < -0.39 is 11.9 Å². The normalized spacial score (nSPS) is 15.0. The number of guanidine groups is 1. The van der Waals surface area contributed by atoms with Gasteiger partial charge in [0.1, 0.15) is 6.04 Å². The van der Waals surface area contributed by atoms with Crippen LogP contribution in [0.15, 0.2) is 47.5 Å². The number of aliphatic imine (C=N–C) groups is 1. The summed E-state index contributed by atoms with van der Waals surface area (Å²) in [6.07, 6.45) is 6.02. The summed E-state index contributed by atoms with van der Waals surface area (Å²) < 4.78 is 18.7. The standard InChI is InChI=1S/C27H32FN5O3/c1-36-24-14-21(10-11-22(24)28)17-31-26(35)23(13-18-6-3-2-4-7-18)32-27(30)33-25(34)15-19-8-5-9-20(12-19)16-29/h5,8-12,14,18,23H,2-4,6-7,13,15,17H2,1H3,(H,31,35)(H3,30,32,33,34)/t23-/m1/s1. The van der Waals surface area contributed by atoms with E-state index in [-0.39, 0.29) is 36.5 Å². The topological polar surface area (TPSA) is 130 Å². The largest absolute Gasteiger partial charge is 0.494 e. The van der Waals surface area contributed by atoms with Crippen LogP contribution in [0.3, 0.4) is 0 Å². The zero-order chi connectivity index (χ0) is 25.9. The van der Waals surface area contributed by atoms with Gasteiger partial charge in [-0.25, -0.2) is 9.38 Å². The molecule has 2 aromatic rings. The molecule has 36 heavy (non-hydrogen) atoms. The highest BCUT2D eigenvalue weighted by Gasteiger charge is 2.24. The summed E-state index contributed by atoms with van der Waals surface area (Å²) in [5.74, 6) is -0.859. The molecule has 4 N–H and O–H groups in total. The van der Waals surface area contributed by atoms with E-state index in [1.54, 1.807) is 30.3 Å². The number of halogens is 1. The lowest BCUT2D eigenvalue weighted by molar-refractivity contribution is -0.123. The number of hydrogen-bond donors (Lipinski definition) is 3. The minimum atomic E-state index is -0.766. The van der Waals surface area contributed by atoms with Crippen molar-refractivity contribution in [1.82, 2.24) is 10.6 Å². The zero-order valence-corrected chi connectivity index (χ0v) is 20.4. The molecule has 2 amide bonds. The van der Waals surface area contributed by atoms with Crippen LogP contribution < -0.4 is 21.1 Å². The summed E-state index contributed by atoms with van der Waals surface area (Å²) in [6, 6.07) is 12.4. The number of nitriles is 1. The van der Waals surface area contributed by atoms with E-state index in [2.05, 4.69) is 15.6 Å². The Hall–Kier alpha value is -3.93. The second kappa shape index (κ2) is 13.2. The summed E-state index contributed by atoms with van der Waals surface area (Å²) in [4.78, 5) is 29.9.